The van der Waals surface area contributed by atoms with Crippen LogP contribution in [0.25, 0.3) is 0 Å². The SMILES string of the molecule is CCC1CN(c2ccc(CNC3CC3)nn2)CCO1. The Morgan fingerprint density at radius 1 is 1.37 bits per heavy atom. The van der Waals surface area contributed by atoms with Gasteiger partial charge in [0.25, 0.3) is 0 Å². The van der Waals surface area contributed by atoms with Gasteiger partial charge in [-0.05, 0) is 31.4 Å². The fourth-order valence-electron chi connectivity index (χ4n) is 2.33. The number of anilines is 1. The first-order valence-electron chi connectivity index (χ1n) is 7.27. The summed E-state index contributed by atoms with van der Waals surface area (Å²) in [6.45, 7) is 5.60. The van der Waals surface area contributed by atoms with Crippen molar-refractivity contribution in [2.45, 2.75) is 44.9 Å². The van der Waals surface area contributed by atoms with Gasteiger partial charge in [-0.25, -0.2) is 0 Å². The molecule has 1 N–H and O–H groups in total. The number of hydrogen-bond donors (Lipinski definition) is 1. The molecule has 1 saturated heterocycles. The van der Waals surface area contributed by atoms with E-state index in [1.165, 1.54) is 12.8 Å². The average Bonchev–Trinajstić information content (AvgIpc) is 3.30. The number of morpholine rings is 1. The minimum Gasteiger partial charge on any atom is -0.375 e. The molecule has 1 saturated carbocycles. The average molecular weight is 262 g/mol. The molecule has 1 aromatic heterocycles. The smallest absolute Gasteiger partial charge is 0.151 e. The summed E-state index contributed by atoms with van der Waals surface area (Å²) in [5.41, 5.74) is 1.02. The number of ether oxygens (including phenoxy) is 1. The Morgan fingerprint density at radius 2 is 2.26 bits per heavy atom. The van der Waals surface area contributed by atoms with Crippen LogP contribution in [0.3, 0.4) is 0 Å². The van der Waals surface area contributed by atoms with Crippen molar-refractivity contribution in [1.82, 2.24) is 15.5 Å². The monoisotopic (exact) mass is 262 g/mol. The van der Waals surface area contributed by atoms with Gasteiger partial charge < -0.3 is 15.0 Å². The van der Waals surface area contributed by atoms with Crippen LogP contribution in [0.2, 0.25) is 0 Å². The van der Waals surface area contributed by atoms with Crippen molar-refractivity contribution < 1.29 is 4.74 Å². The van der Waals surface area contributed by atoms with Crippen molar-refractivity contribution in [3.8, 4) is 0 Å². The van der Waals surface area contributed by atoms with Gasteiger partial charge >= 0.3 is 0 Å². The maximum absolute atomic E-state index is 5.67. The van der Waals surface area contributed by atoms with Gasteiger partial charge in [-0.1, -0.05) is 6.92 Å². The third kappa shape index (κ3) is 3.42. The Morgan fingerprint density at radius 3 is 2.95 bits per heavy atom. The zero-order chi connectivity index (χ0) is 13.1. The third-order valence-corrected chi connectivity index (χ3v) is 3.77. The van der Waals surface area contributed by atoms with Crippen molar-refractivity contribution >= 4 is 5.82 Å². The van der Waals surface area contributed by atoms with Crippen molar-refractivity contribution in [3.05, 3.63) is 17.8 Å². The van der Waals surface area contributed by atoms with Crippen LogP contribution in [0.1, 0.15) is 31.9 Å². The zero-order valence-corrected chi connectivity index (χ0v) is 11.5. The topological polar surface area (TPSA) is 50.3 Å². The molecule has 5 heteroatoms. The summed E-state index contributed by atoms with van der Waals surface area (Å²) in [6, 6.07) is 4.87. The molecule has 0 spiro atoms. The molecule has 0 amide bonds. The quantitative estimate of drug-likeness (QED) is 0.868. The highest BCUT2D eigenvalue weighted by Gasteiger charge is 2.21. The molecule has 3 rings (SSSR count). The van der Waals surface area contributed by atoms with Gasteiger partial charge in [0.1, 0.15) is 0 Å². The first-order valence-corrected chi connectivity index (χ1v) is 7.27. The molecular weight excluding hydrogens is 240 g/mol. The predicted octanol–water partition coefficient (Wildman–Crippen LogP) is 1.34. The summed E-state index contributed by atoms with van der Waals surface area (Å²) in [6.07, 6.45) is 3.98. The maximum Gasteiger partial charge on any atom is 0.151 e. The van der Waals surface area contributed by atoms with E-state index in [4.69, 9.17) is 4.74 Å². The Bertz CT molecular complexity index is 404. The summed E-state index contributed by atoms with van der Waals surface area (Å²) in [4.78, 5) is 2.27. The van der Waals surface area contributed by atoms with E-state index in [9.17, 15) is 0 Å². The molecule has 19 heavy (non-hydrogen) atoms. The van der Waals surface area contributed by atoms with E-state index in [1.807, 2.05) is 0 Å². The highest BCUT2D eigenvalue weighted by molar-refractivity contribution is 5.38. The normalized spacial score (nSPS) is 23.6. The van der Waals surface area contributed by atoms with Gasteiger partial charge in [0, 0.05) is 25.7 Å². The molecule has 0 bridgehead atoms. The highest BCUT2D eigenvalue weighted by atomic mass is 16.5. The highest BCUT2D eigenvalue weighted by Crippen LogP contribution is 2.19. The summed E-state index contributed by atoms with van der Waals surface area (Å²) in [5.74, 6) is 0.969. The summed E-state index contributed by atoms with van der Waals surface area (Å²) >= 11 is 0. The number of nitrogens with zero attached hydrogens (tertiary/aromatic N) is 3. The van der Waals surface area contributed by atoms with E-state index in [0.29, 0.717) is 12.1 Å². The zero-order valence-electron chi connectivity index (χ0n) is 11.5. The van der Waals surface area contributed by atoms with E-state index in [-0.39, 0.29) is 0 Å². The van der Waals surface area contributed by atoms with Crippen LogP contribution < -0.4 is 10.2 Å². The van der Waals surface area contributed by atoms with Gasteiger partial charge in [-0.3, -0.25) is 0 Å². The second-order valence-electron chi connectivity index (χ2n) is 5.39. The lowest BCUT2D eigenvalue weighted by Gasteiger charge is -2.32. The second-order valence-corrected chi connectivity index (χ2v) is 5.39. The molecule has 2 heterocycles. The molecule has 1 aliphatic carbocycles. The minimum absolute atomic E-state index is 0.326. The summed E-state index contributed by atoms with van der Waals surface area (Å²) in [7, 11) is 0. The van der Waals surface area contributed by atoms with Crippen molar-refractivity contribution in [3.63, 3.8) is 0 Å². The van der Waals surface area contributed by atoms with Gasteiger partial charge in [-0.15, -0.1) is 5.10 Å². The molecule has 0 radical (unpaired) electrons. The van der Waals surface area contributed by atoms with Gasteiger partial charge in [0.15, 0.2) is 5.82 Å². The first-order chi connectivity index (χ1) is 9.35. The van der Waals surface area contributed by atoms with E-state index >= 15 is 0 Å². The van der Waals surface area contributed by atoms with Gasteiger partial charge in [0.2, 0.25) is 0 Å². The van der Waals surface area contributed by atoms with E-state index < -0.39 is 0 Å². The van der Waals surface area contributed by atoms with Crippen LogP contribution in [0.5, 0.6) is 0 Å². The number of aromatic nitrogens is 2. The molecule has 104 valence electrons. The molecule has 5 nitrogen and oxygen atoms in total. The van der Waals surface area contributed by atoms with E-state index in [0.717, 1.165) is 44.2 Å². The number of hydrogen-bond acceptors (Lipinski definition) is 5. The van der Waals surface area contributed by atoms with Crippen molar-refractivity contribution in [2.24, 2.45) is 0 Å². The number of nitrogens with one attached hydrogen (secondary N) is 1. The fourth-order valence-corrected chi connectivity index (χ4v) is 2.33. The first kappa shape index (κ1) is 12.8. The molecule has 2 aliphatic rings. The molecule has 1 unspecified atom stereocenters. The van der Waals surface area contributed by atoms with Crippen molar-refractivity contribution in [1.29, 1.82) is 0 Å². The Hall–Kier alpha value is -1.20. The van der Waals surface area contributed by atoms with Gasteiger partial charge in [-0.2, -0.15) is 5.10 Å². The van der Waals surface area contributed by atoms with Crippen LogP contribution >= 0.6 is 0 Å². The van der Waals surface area contributed by atoms with Gasteiger partial charge in [0.05, 0.1) is 18.4 Å². The molecule has 1 aliphatic heterocycles. The standard InChI is InChI=1S/C14H22N4O/c1-2-13-10-18(7-8-19-13)14-6-5-12(16-17-14)9-15-11-3-4-11/h5-6,11,13,15H,2-4,7-10H2,1H3. The predicted molar refractivity (Wildman–Crippen MR) is 74.1 cm³/mol. The van der Waals surface area contributed by atoms with Crippen LogP contribution in [-0.4, -0.2) is 42.0 Å². The van der Waals surface area contributed by atoms with E-state index in [2.05, 4.69) is 39.5 Å². The Labute approximate surface area is 114 Å². The molecule has 2 fully saturated rings. The second kappa shape index (κ2) is 5.84. The van der Waals surface area contributed by atoms with Crippen LogP contribution in [0.4, 0.5) is 5.82 Å². The summed E-state index contributed by atoms with van der Waals surface area (Å²) in [5, 5.41) is 12.1. The third-order valence-electron chi connectivity index (χ3n) is 3.77. The van der Waals surface area contributed by atoms with Crippen LogP contribution in [-0.2, 0) is 11.3 Å². The lowest BCUT2D eigenvalue weighted by molar-refractivity contribution is 0.0381. The molecule has 1 atom stereocenters. The molecule has 0 aromatic carbocycles. The molecule has 1 aromatic rings. The fraction of sp³-hybridized carbons (Fsp3) is 0.714. The lowest BCUT2D eigenvalue weighted by atomic mass is 10.2. The number of rotatable bonds is 5. The minimum atomic E-state index is 0.326. The van der Waals surface area contributed by atoms with Crippen LogP contribution in [0.15, 0.2) is 12.1 Å². The summed E-state index contributed by atoms with van der Waals surface area (Å²) < 4.78 is 5.67. The Balaban J connectivity index is 1.57. The van der Waals surface area contributed by atoms with E-state index in [1.54, 1.807) is 0 Å². The largest absolute Gasteiger partial charge is 0.375 e. The lowest BCUT2D eigenvalue weighted by Crippen LogP contribution is -2.42. The molecular formula is C14H22N4O. The van der Waals surface area contributed by atoms with Crippen molar-refractivity contribution in [2.75, 3.05) is 24.6 Å². The maximum atomic E-state index is 5.67. The Kier molecular flexibility index (Phi) is 3.94. The van der Waals surface area contributed by atoms with Crippen LogP contribution in [0, 0.1) is 0 Å².